The Bertz CT molecular complexity index is 515. The molecular formula is C13H13BrN2. The first-order valence-corrected chi connectivity index (χ1v) is 5.87. The molecule has 1 heterocycles. The van der Waals surface area contributed by atoms with E-state index in [1.807, 2.05) is 12.1 Å². The lowest BCUT2D eigenvalue weighted by Gasteiger charge is -2.11. The number of nitrogens with two attached hydrogens (primary N) is 1. The Morgan fingerprint density at radius 2 is 1.69 bits per heavy atom. The molecule has 0 bridgehead atoms. The van der Waals surface area contributed by atoms with Crippen LogP contribution in [-0.4, -0.2) is 4.98 Å². The summed E-state index contributed by atoms with van der Waals surface area (Å²) in [6.45, 7) is 4.17. The van der Waals surface area contributed by atoms with E-state index >= 15 is 0 Å². The van der Waals surface area contributed by atoms with Crippen LogP contribution in [0, 0.1) is 13.8 Å². The number of hydrogen-bond donors (Lipinski definition) is 1. The van der Waals surface area contributed by atoms with Crippen LogP contribution in [-0.2, 0) is 0 Å². The van der Waals surface area contributed by atoms with Crippen molar-refractivity contribution >= 4 is 21.7 Å². The van der Waals surface area contributed by atoms with Gasteiger partial charge >= 0.3 is 0 Å². The van der Waals surface area contributed by atoms with Crippen molar-refractivity contribution in [3.05, 3.63) is 45.9 Å². The maximum atomic E-state index is 5.73. The second-order valence-electron chi connectivity index (χ2n) is 3.83. The molecule has 0 aliphatic heterocycles. The molecule has 1 aromatic heterocycles. The molecule has 2 N–H and O–H groups in total. The van der Waals surface area contributed by atoms with Gasteiger partial charge < -0.3 is 5.73 Å². The Morgan fingerprint density at radius 1 is 1.06 bits per heavy atom. The second kappa shape index (κ2) is 4.26. The largest absolute Gasteiger partial charge is 0.384 e. The zero-order chi connectivity index (χ0) is 11.7. The zero-order valence-electron chi connectivity index (χ0n) is 9.29. The normalized spacial score (nSPS) is 10.4. The molecule has 16 heavy (non-hydrogen) atoms. The van der Waals surface area contributed by atoms with E-state index in [4.69, 9.17) is 5.73 Å². The van der Waals surface area contributed by atoms with Gasteiger partial charge in [0.1, 0.15) is 5.82 Å². The van der Waals surface area contributed by atoms with Crippen molar-refractivity contribution in [1.82, 2.24) is 4.98 Å². The van der Waals surface area contributed by atoms with Gasteiger partial charge in [-0.1, -0.05) is 18.2 Å². The summed E-state index contributed by atoms with van der Waals surface area (Å²) < 4.78 is 0.971. The van der Waals surface area contributed by atoms with Gasteiger partial charge in [-0.2, -0.15) is 0 Å². The molecule has 0 aliphatic carbocycles. The van der Waals surface area contributed by atoms with Gasteiger partial charge in [0.05, 0.1) is 5.69 Å². The highest BCUT2D eigenvalue weighted by atomic mass is 79.9. The van der Waals surface area contributed by atoms with Gasteiger partial charge in [0.2, 0.25) is 0 Å². The summed E-state index contributed by atoms with van der Waals surface area (Å²) in [4.78, 5) is 4.40. The average molecular weight is 277 g/mol. The molecule has 1 aromatic carbocycles. The third-order valence-corrected chi connectivity index (χ3v) is 3.23. The SMILES string of the molecule is Cc1cccc(C)c1-c1nc(N)ccc1Br. The molecule has 0 fully saturated rings. The molecule has 2 rings (SSSR count). The number of aryl methyl sites for hydroxylation is 2. The third-order valence-electron chi connectivity index (χ3n) is 2.59. The molecule has 3 heteroatoms. The van der Waals surface area contributed by atoms with Crippen LogP contribution in [0.1, 0.15) is 11.1 Å². The first kappa shape index (κ1) is 11.1. The number of hydrogen-bond acceptors (Lipinski definition) is 2. The molecule has 0 unspecified atom stereocenters. The van der Waals surface area contributed by atoms with E-state index in [9.17, 15) is 0 Å². The van der Waals surface area contributed by atoms with Gasteiger partial charge in [0.25, 0.3) is 0 Å². The predicted octanol–water partition coefficient (Wildman–Crippen LogP) is 3.71. The Hall–Kier alpha value is -1.35. The highest BCUT2D eigenvalue weighted by Gasteiger charge is 2.10. The predicted molar refractivity (Wildman–Crippen MR) is 71.3 cm³/mol. The molecule has 0 radical (unpaired) electrons. The third kappa shape index (κ3) is 1.95. The number of halogens is 1. The molecule has 2 aromatic rings. The second-order valence-corrected chi connectivity index (χ2v) is 4.69. The molecule has 82 valence electrons. The Kier molecular flexibility index (Phi) is 2.97. The van der Waals surface area contributed by atoms with Gasteiger partial charge in [0, 0.05) is 10.0 Å². The van der Waals surface area contributed by atoms with Crippen LogP contribution in [0.2, 0.25) is 0 Å². The molecule has 2 nitrogen and oxygen atoms in total. The van der Waals surface area contributed by atoms with E-state index in [1.165, 1.54) is 11.1 Å². The summed E-state index contributed by atoms with van der Waals surface area (Å²) in [5.74, 6) is 0.542. The Balaban J connectivity index is 2.72. The summed E-state index contributed by atoms with van der Waals surface area (Å²) >= 11 is 3.52. The number of rotatable bonds is 1. The van der Waals surface area contributed by atoms with Crippen LogP contribution in [0.3, 0.4) is 0 Å². The first-order chi connectivity index (χ1) is 7.59. The van der Waals surface area contributed by atoms with Crippen molar-refractivity contribution < 1.29 is 0 Å². The number of anilines is 1. The van der Waals surface area contributed by atoms with Crippen LogP contribution in [0.15, 0.2) is 34.8 Å². The lowest BCUT2D eigenvalue weighted by Crippen LogP contribution is -1.96. The molecule has 0 amide bonds. The van der Waals surface area contributed by atoms with E-state index in [0.29, 0.717) is 5.82 Å². The van der Waals surface area contributed by atoms with Crippen LogP contribution in [0.25, 0.3) is 11.3 Å². The van der Waals surface area contributed by atoms with Crippen molar-refractivity contribution in [3.63, 3.8) is 0 Å². The monoisotopic (exact) mass is 276 g/mol. The fourth-order valence-electron chi connectivity index (χ4n) is 1.82. The lowest BCUT2D eigenvalue weighted by molar-refractivity contribution is 1.27. The van der Waals surface area contributed by atoms with E-state index in [-0.39, 0.29) is 0 Å². The average Bonchev–Trinajstić information content (AvgIpc) is 2.23. The number of pyridine rings is 1. The van der Waals surface area contributed by atoms with Crippen molar-refractivity contribution in [3.8, 4) is 11.3 Å². The van der Waals surface area contributed by atoms with Crippen LogP contribution >= 0.6 is 15.9 Å². The van der Waals surface area contributed by atoms with Gasteiger partial charge in [-0.05, 0) is 53.0 Å². The highest BCUT2D eigenvalue weighted by molar-refractivity contribution is 9.10. The molecule has 0 saturated heterocycles. The summed E-state index contributed by atoms with van der Waals surface area (Å²) in [6.07, 6.45) is 0. The molecular weight excluding hydrogens is 264 g/mol. The van der Waals surface area contributed by atoms with Crippen molar-refractivity contribution in [2.24, 2.45) is 0 Å². The summed E-state index contributed by atoms with van der Waals surface area (Å²) in [7, 11) is 0. The minimum absolute atomic E-state index is 0.542. The van der Waals surface area contributed by atoms with Crippen molar-refractivity contribution in [2.75, 3.05) is 5.73 Å². The fourth-order valence-corrected chi connectivity index (χ4v) is 2.24. The number of benzene rings is 1. The Morgan fingerprint density at radius 3 is 2.31 bits per heavy atom. The highest BCUT2D eigenvalue weighted by Crippen LogP contribution is 2.31. The van der Waals surface area contributed by atoms with Crippen LogP contribution in [0.4, 0.5) is 5.82 Å². The maximum absolute atomic E-state index is 5.73. The van der Waals surface area contributed by atoms with Crippen LogP contribution < -0.4 is 5.73 Å². The van der Waals surface area contributed by atoms with Gasteiger partial charge in [0.15, 0.2) is 0 Å². The standard InChI is InChI=1S/C13H13BrN2/c1-8-4-3-5-9(2)12(8)13-10(14)6-7-11(15)16-13/h3-7H,1-2H3,(H2,15,16). The van der Waals surface area contributed by atoms with E-state index in [1.54, 1.807) is 6.07 Å². The van der Waals surface area contributed by atoms with E-state index < -0.39 is 0 Å². The summed E-state index contributed by atoms with van der Waals surface area (Å²) in [5.41, 5.74) is 10.2. The van der Waals surface area contributed by atoms with E-state index in [2.05, 4.69) is 46.9 Å². The number of nitrogen functional groups attached to an aromatic ring is 1. The maximum Gasteiger partial charge on any atom is 0.124 e. The molecule has 0 saturated carbocycles. The lowest BCUT2D eigenvalue weighted by atomic mass is 10.00. The molecule has 0 spiro atoms. The quantitative estimate of drug-likeness (QED) is 0.863. The number of nitrogens with zero attached hydrogens (tertiary/aromatic N) is 1. The first-order valence-electron chi connectivity index (χ1n) is 5.08. The number of aromatic nitrogens is 1. The topological polar surface area (TPSA) is 38.9 Å². The molecule has 0 atom stereocenters. The molecule has 0 aliphatic rings. The van der Waals surface area contributed by atoms with Gasteiger partial charge in [-0.15, -0.1) is 0 Å². The van der Waals surface area contributed by atoms with Crippen molar-refractivity contribution in [2.45, 2.75) is 13.8 Å². The zero-order valence-corrected chi connectivity index (χ0v) is 10.9. The van der Waals surface area contributed by atoms with E-state index in [0.717, 1.165) is 15.7 Å². The van der Waals surface area contributed by atoms with Crippen molar-refractivity contribution in [1.29, 1.82) is 0 Å². The Labute approximate surface area is 104 Å². The smallest absolute Gasteiger partial charge is 0.124 e. The van der Waals surface area contributed by atoms with Gasteiger partial charge in [-0.3, -0.25) is 0 Å². The summed E-state index contributed by atoms with van der Waals surface area (Å²) in [6, 6.07) is 9.94. The van der Waals surface area contributed by atoms with Gasteiger partial charge in [-0.25, -0.2) is 4.98 Å². The van der Waals surface area contributed by atoms with Crippen LogP contribution in [0.5, 0.6) is 0 Å². The fraction of sp³-hybridized carbons (Fsp3) is 0.154. The minimum atomic E-state index is 0.542. The summed E-state index contributed by atoms with van der Waals surface area (Å²) in [5, 5.41) is 0. The minimum Gasteiger partial charge on any atom is -0.384 e.